The first-order chi connectivity index (χ1) is 13.5. The fourth-order valence-electron chi connectivity index (χ4n) is 2.08. The van der Waals surface area contributed by atoms with Gasteiger partial charge in [0, 0.05) is 23.6 Å². The van der Waals surface area contributed by atoms with Crippen molar-refractivity contribution in [1.82, 2.24) is 10.6 Å². The number of hydrogen-bond donors (Lipinski definition) is 7. The van der Waals surface area contributed by atoms with Crippen LogP contribution in [0.2, 0.25) is 0 Å². The van der Waals surface area contributed by atoms with E-state index in [-0.39, 0.29) is 60.9 Å². The van der Waals surface area contributed by atoms with E-state index in [1.165, 1.54) is 6.92 Å². The molecule has 164 valence electrons. The third-order valence-electron chi connectivity index (χ3n) is 3.49. The van der Waals surface area contributed by atoms with Gasteiger partial charge in [0.25, 0.3) is 11.8 Å². The molecule has 0 bridgehead atoms. The van der Waals surface area contributed by atoms with Crippen LogP contribution < -0.4 is 45.5 Å². The van der Waals surface area contributed by atoms with Crippen molar-refractivity contribution in [3.63, 3.8) is 0 Å². The summed E-state index contributed by atoms with van der Waals surface area (Å²) in [4.78, 5) is 37.0. The average molecular weight is 771 g/mol. The van der Waals surface area contributed by atoms with Crippen molar-refractivity contribution >= 4 is 91.2 Å². The van der Waals surface area contributed by atoms with Gasteiger partial charge in [-0.25, -0.2) is 0 Å². The van der Waals surface area contributed by atoms with Gasteiger partial charge in [0.05, 0.1) is 49.4 Å². The number of carbonyl (C=O) groups excluding carboxylic acids is 3. The molecule has 1 rings (SSSR count). The van der Waals surface area contributed by atoms with Crippen LogP contribution in [0.25, 0.3) is 0 Å². The predicted octanol–water partition coefficient (Wildman–Crippen LogP) is -3.26. The zero-order chi connectivity index (χ0) is 22.3. The second-order valence-electron chi connectivity index (χ2n) is 5.84. The summed E-state index contributed by atoms with van der Waals surface area (Å²) in [5.74, 6) is -1.59. The molecule has 0 saturated carbocycles. The molecule has 3 amide bonds. The number of nitrogens with one attached hydrogen (secondary N) is 3. The zero-order valence-electron chi connectivity index (χ0n) is 17.1. The molecule has 2 atom stereocenters. The minimum atomic E-state index is -1.14. The summed E-state index contributed by atoms with van der Waals surface area (Å²) < 4.78 is 1.10. The Labute approximate surface area is 237 Å². The number of hydrogen-bond acceptors (Lipinski definition) is 7. The first kappa shape index (κ1) is 30.7. The van der Waals surface area contributed by atoms with Gasteiger partial charge in [-0.1, -0.05) is 0 Å². The number of aliphatic hydroxyl groups is 4. The van der Waals surface area contributed by atoms with Gasteiger partial charge in [-0.05, 0) is 67.8 Å². The molecule has 0 radical (unpaired) electrons. The molecule has 0 heterocycles. The summed E-state index contributed by atoms with van der Waals surface area (Å²) >= 11 is 5.60. The van der Waals surface area contributed by atoms with E-state index in [1.54, 1.807) is 0 Å². The number of aliphatic hydroxyl groups excluding tert-OH is 4. The Morgan fingerprint density at radius 3 is 1.53 bits per heavy atom. The number of amides is 3. The normalized spacial score (nSPS) is 12.4. The van der Waals surface area contributed by atoms with Crippen LogP contribution in [-0.4, -0.2) is 76.7 Å². The largest absolute Gasteiger partial charge is 1.00 e. The molecule has 0 saturated heterocycles. The Morgan fingerprint density at radius 2 is 1.23 bits per heavy atom. The van der Waals surface area contributed by atoms with Crippen molar-refractivity contribution in [1.29, 1.82) is 0 Å². The standard InChI is InChI=1S/C16H20I3N3O7.Na.H/c1-6(25)22-14-12(18)9(15(28)20-2-7(26)4-23)11(17)10(13(14)19)16(29)21-3-8(27)5-24;;/h7-8,23-24,26-27H,2-5H2,1H3,(H,20,28)(H,21,29)(H,22,25);;/q;+1;-1. The maximum atomic E-state index is 12.7. The number of halogens is 3. The van der Waals surface area contributed by atoms with E-state index >= 15 is 0 Å². The van der Waals surface area contributed by atoms with Gasteiger partial charge >= 0.3 is 29.6 Å². The quantitative estimate of drug-likeness (QED) is 0.102. The number of rotatable bonds is 9. The SMILES string of the molecule is CC(=O)Nc1c(I)c(C(=O)NCC(O)CO)c(I)c(C(=O)NCC(O)CO)c1I.[H-].[Na+]. The molecule has 14 heteroatoms. The minimum absolute atomic E-state index is 0. The molecule has 10 nitrogen and oxygen atoms in total. The molecule has 1 aromatic carbocycles. The molecular weight excluding hydrogens is 750 g/mol. The van der Waals surface area contributed by atoms with Crippen LogP contribution in [0.3, 0.4) is 0 Å². The van der Waals surface area contributed by atoms with Crippen LogP contribution in [-0.2, 0) is 4.79 Å². The smallest absolute Gasteiger partial charge is 1.00 e. The van der Waals surface area contributed by atoms with E-state index in [4.69, 9.17) is 10.2 Å². The van der Waals surface area contributed by atoms with E-state index in [9.17, 15) is 24.6 Å². The van der Waals surface area contributed by atoms with E-state index in [0.717, 1.165) is 0 Å². The van der Waals surface area contributed by atoms with Crippen molar-refractivity contribution in [3.8, 4) is 0 Å². The van der Waals surface area contributed by atoms with E-state index in [1.807, 2.05) is 67.8 Å². The molecule has 0 aromatic heterocycles. The summed E-state index contributed by atoms with van der Waals surface area (Å²) in [5, 5.41) is 44.3. The monoisotopic (exact) mass is 771 g/mol. The van der Waals surface area contributed by atoms with Gasteiger partial charge in [-0.2, -0.15) is 0 Å². The van der Waals surface area contributed by atoms with Crippen molar-refractivity contribution in [2.75, 3.05) is 31.6 Å². The van der Waals surface area contributed by atoms with E-state index in [0.29, 0.717) is 10.7 Å². The minimum Gasteiger partial charge on any atom is -1.00 e. The Morgan fingerprint density at radius 1 is 0.867 bits per heavy atom. The molecule has 0 fully saturated rings. The maximum Gasteiger partial charge on any atom is 1.00 e. The predicted molar refractivity (Wildman–Crippen MR) is 131 cm³/mol. The van der Waals surface area contributed by atoms with Gasteiger partial charge < -0.3 is 37.8 Å². The molecule has 7 N–H and O–H groups in total. The van der Waals surface area contributed by atoms with Crippen molar-refractivity contribution < 1.29 is 65.8 Å². The second-order valence-corrected chi connectivity index (χ2v) is 9.08. The summed E-state index contributed by atoms with van der Waals surface area (Å²) in [6.07, 6.45) is -2.29. The zero-order valence-corrected chi connectivity index (χ0v) is 24.6. The van der Waals surface area contributed by atoms with Gasteiger partial charge in [0.2, 0.25) is 5.91 Å². The fourth-order valence-corrected chi connectivity index (χ4v) is 6.49. The van der Waals surface area contributed by atoms with Crippen molar-refractivity contribution in [2.45, 2.75) is 19.1 Å². The summed E-state index contributed by atoms with van der Waals surface area (Å²) in [7, 11) is 0. The third kappa shape index (κ3) is 8.54. The van der Waals surface area contributed by atoms with Gasteiger partial charge in [-0.3, -0.25) is 14.4 Å². The summed E-state index contributed by atoms with van der Waals surface area (Å²) in [6, 6.07) is 0. The van der Waals surface area contributed by atoms with Crippen molar-refractivity contribution in [3.05, 3.63) is 21.8 Å². The van der Waals surface area contributed by atoms with Crippen molar-refractivity contribution in [2.24, 2.45) is 0 Å². The topological polar surface area (TPSA) is 168 Å². The maximum absolute atomic E-state index is 12.7. The van der Waals surface area contributed by atoms with Gasteiger partial charge in [0.15, 0.2) is 0 Å². The first-order valence-corrected chi connectivity index (χ1v) is 11.4. The average Bonchev–Trinajstić information content (AvgIpc) is 2.67. The molecular formula is C16H21I3N3NaO7. The van der Waals surface area contributed by atoms with E-state index < -0.39 is 43.1 Å². The molecule has 0 aliphatic rings. The Kier molecular flexibility index (Phi) is 15.1. The molecule has 1 aromatic rings. The summed E-state index contributed by atoms with van der Waals surface area (Å²) in [5.41, 5.74) is 0.515. The number of anilines is 1. The molecule has 0 spiro atoms. The number of benzene rings is 1. The van der Waals surface area contributed by atoms with Gasteiger partial charge in [-0.15, -0.1) is 0 Å². The van der Waals surface area contributed by atoms with E-state index in [2.05, 4.69) is 16.0 Å². The van der Waals surface area contributed by atoms with Crippen LogP contribution in [0.15, 0.2) is 0 Å². The fraction of sp³-hybridized carbons (Fsp3) is 0.438. The second kappa shape index (κ2) is 14.7. The third-order valence-corrected chi connectivity index (χ3v) is 6.73. The number of carbonyl (C=O) groups is 3. The van der Waals surface area contributed by atoms with Gasteiger partial charge in [0.1, 0.15) is 0 Å². The molecule has 0 aliphatic carbocycles. The molecule has 2 unspecified atom stereocenters. The summed E-state index contributed by atoms with van der Waals surface area (Å²) in [6.45, 7) is -0.169. The van der Waals surface area contributed by atoms with Crippen LogP contribution in [0.1, 0.15) is 29.1 Å². The molecule has 30 heavy (non-hydrogen) atoms. The van der Waals surface area contributed by atoms with Crippen LogP contribution in [0.4, 0.5) is 5.69 Å². The van der Waals surface area contributed by atoms with Crippen LogP contribution in [0, 0.1) is 10.7 Å². The van der Waals surface area contributed by atoms with Crippen LogP contribution in [0.5, 0.6) is 0 Å². The van der Waals surface area contributed by atoms with Crippen LogP contribution >= 0.6 is 67.8 Å². The Balaban J connectivity index is 0. The Bertz CT molecular complexity index is 751. The molecule has 0 aliphatic heterocycles. The Hall–Kier alpha value is 0.660. The first-order valence-electron chi connectivity index (χ1n) is 8.17.